The van der Waals surface area contributed by atoms with E-state index in [0.29, 0.717) is 5.69 Å². The summed E-state index contributed by atoms with van der Waals surface area (Å²) >= 11 is 3.38. The van der Waals surface area contributed by atoms with Crippen LogP contribution in [0, 0.1) is 0 Å². The third-order valence-electron chi connectivity index (χ3n) is 3.40. The maximum absolute atomic E-state index is 5.91. The van der Waals surface area contributed by atoms with Crippen LogP contribution in [0.1, 0.15) is 19.4 Å². The van der Waals surface area contributed by atoms with Gasteiger partial charge in [-0.05, 0) is 57.9 Å². The number of nitrogen functional groups attached to an aromatic ring is 1. The molecule has 0 radical (unpaired) electrons. The molecule has 0 spiro atoms. The van der Waals surface area contributed by atoms with Crippen LogP contribution >= 0.6 is 15.9 Å². The van der Waals surface area contributed by atoms with Gasteiger partial charge in [0.2, 0.25) is 0 Å². The van der Waals surface area contributed by atoms with Crippen LogP contribution in [-0.4, -0.2) is 32.9 Å². The minimum atomic E-state index is 0.120. The monoisotopic (exact) mass is 323 g/mol. The first-order chi connectivity index (χ1) is 9.16. The van der Waals surface area contributed by atoms with Crippen molar-refractivity contribution in [3.8, 4) is 11.4 Å². The maximum atomic E-state index is 5.91. The van der Waals surface area contributed by atoms with Crippen LogP contribution in [0.15, 0.2) is 22.7 Å². The molecule has 3 rings (SSSR count). The predicted octanol–water partition coefficient (Wildman–Crippen LogP) is 2.03. The first-order valence-electron chi connectivity index (χ1n) is 6.11. The Labute approximate surface area is 119 Å². The molecule has 19 heavy (non-hydrogen) atoms. The molecule has 2 heterocycles. The largest absolute Gasteiger partial charge is 0.398 e. The van der Waals surface area contributed by atoms with Crippen LogP contribution in [0.25, 0.3) is 11.4 Å². The smallest absolute Gasteiger partial charge is 0.182 e. The van der Waals surface area contributed by atoms with Gasteiger partial charge >= 0.3 is 0 Å². The molecule has 6 nitrogen and oxygen atoms in total. The number of ether oxygens (including phenoxy) is 1. The van der Waals surface area contributed by atoms with Crippen LogP contribution in [0.2, 0.25) is 0 Å². The van der Waals surface area contributed by atoms with Crippen LogP contribution < -0.4 is 5.73 Å². The lowest BCUT2D eigenvalue weighted by molar-refractivity contribution is 0.105. The lowest BCUT2D eigenvalue weighted by atomic mass is 10.1. The van der Waals surface area contributed by atoms with Gasteiger partial charge in [-0.3, -0.25) is 0 Å². The van der Waals surface area contributed by atoms with Crippen LogP contribution in [0.4, 0.5) is 5.69 Å². The van der Waals surface area contributed by atoms with Gasteiger partial charge in [0.1, 0.15) is 0 Å². The molecule has 1 aromatic carbocycles. The number of halogens is 1. The Morgan fingerprint density at radius 1 is 1.47 bits per heavy atom. The van der Waals surface area contributed by atoms with Crippen molar-refractivity contribution in [1.29, 1.82) is 0 Å². The summed E-state index contributed by atoms with van der Waals surface area (Å²) in [7, 11) is 0. The average Bonchev–Trinajstić information content (AvgIpc) is 3.00. The molecule has 2 atom stereocenters. The van der Waals surface area contributed by atoms with Crippen molar-refractivity contribution in [1.82, 2.24) is 20.2 Å². The number of nitrogens with two attached hydrogens (primary N) is 1. The average molecular weight is 324 g/mol. The normalized spacial score (nSPS) is 22.8. The molecule has 100 valence electrons. The Bertz CT molecular complexity index is 600. The summed E-state index contributed by atoms with van der Waals surface area (Å²) in [6.45, 7) is 2.78. The number of aromatic nitrogens is 4. The van der Waals surface area contributed by atoms with Gasteiger partial charge in [-0.2, -0.15) is 0 Å². The molecule has 2 unspecified atom stereocenters. The van der Waals surface area contributed by atoms with Crippen molar-refractivity contribution in [3.63, 3.8) is 0 Å². The van der Waals surface area contributed by atoms with Gasteiger partial charge in [0.05, 0.1) is 12.1 Å². The topological polar surface area (TPSA) is 78.8 Å². The van der Waals surface area contributed by atoms with Crippen molar-refractivity contribution in [3.05, 3.63) is 22.7 Å². The zero-order valence-electron chi connectivity index (χ0n) is 10.5. The maximum Gasteiger partial charge on any atom is 0.182 e. The fourth-order valence-electron chi connectivity index (χ4n) is 2.33. The molecule has 0 amide bonds. The van der Waals surface area contributed by atoms with Gasteiger partial charge in [0.15, 0.2) is 5.82 Å². The van der Waals surface area contributed by atoms with Gasteiger partial charge in [0.25, 0.3) is 0 Å². The summed E-state index contributed by atoms with van der Waals surface area (Å²) < 4.78 is 8.28. The molecule has 1 aliphatic heterocycles. The Morgan fingerprint density at radius 2 is 2.32 bits per heavy atom. The minimum Gasteiger partial charge on any atom is -0.398 e. The molecule has 2 N–H and O–H groups in total. The summed E-state index contributed by atoms with van der Waals surface area (Å²) in [4.78, 5) is 0. The van der Waals surface area contributed by atoms with E-state index in [1.165, 1.54) is 0 Å². The molecular formula is C12H14BrN5O. The number of hydrogen-bond donors (Lipinski definition) is 1. The quantitative estimate of drug-likeness (QED) is 0.855. The van der Waals surface area contributed by atoms with Crippen molar-refractivity contribution in [2.45, 2.75) is 25.5 Å². The van der Waals surface area contributed by atoms with Gasteiger partial charge in [-0.15, -0.1) is 5.10 Å². The van der Waals surface area contributed by atoms with E-state index in [9.17, 15) is 0 Å². The summed E-state index contributed by atoms with van der Waals surface area (Å²) in [5.41, 5.74) is 7.48. The summed E-state index contributed by atoms with van der Waals surface area (Å²) in [5.74, 6) is 0.724. The predicted molar refractivity (Wildman–Crippen MR) is 74.4 cm³/mol. The SMILES string of the molecule is CC1OCCC1n1nnnc1-c1ccc(Br)c(N)c1. The molecule has 1 aliphatic rings. The minimum absolute atomic E-state index is 0.120. The van der Waals surface area contributed by atoms with E-state index < -0.39 is 0 Å². The van der Waals surface area contributed by atoms with E-state index in [0.717, 1.165) is 28.9 Å². The van der Waals surface area contributed by atoms with Gasteiger partial charge in [-0.25, -0.2) is 4.68 Å². The highest BCUT2D eigenvalue weighted by Gasteiger charge is 2.29. The summed E-state index contributed by atoms with van der Waals surface area (Å²) in [6, 6.07) is 5.89. The fraction of sp³-hybridized carbons (Fsp3) is 0.417. The molecule has 1 saturated heterocycles. The van der Waals surface area contributed by atoms with E-state index >= 15 is 0 Å². The Balaban J connectivity index is 2.01. The van der Waals surface area contributed by atoms with Crippen molar-refractivity contribution in [2.75, 3.05) is 12.3 Å². The van der Waals surface area contributed by atoms with E-state index in [2.05, 4.69) is 31.5 Å². The molecular weight excluding hydrogens is 310 g/mol. The van der Waals surface area contributed by atoms with E-state index in [-0.39, 0.29) is 12.1 Å². The molecule has 2 aromatic rings. The molecule has 1 fully saturated rings. The van der Waals surface area contributed by atoms with E-state index in [1.54, 1.807) is 0 Å². The highest BCUT2D eigenvalue weighted by atomic mass is 79.9. The third-order valence-corrected chi connectivity index (χ3v) is 4.12. The highest BCUT2D eigenvalue weighted by molar-refractivity contribution is 9.10. The zero-order chi connectivity index (χ0) is 13.4. The third kappa shape index (κ3) is 2.23. The van der Waals surface area contributed by atoms with Gasteiger partial charge in [0, 0.05) is 22.3 Å². The van der Waals surface area contributed by atoms with Crippen LogP contribution in [-0.2, 0) is 4.74 Å². The molecule has 0 saturated carbocycles. The lowest BCUT2D eigenvalue weighted by Crippen LogP contribution is -2.19. The second-order valence-corrected chi connectivity index (χ2v) is 5.47. The zero-order valence-corrected chi connectivity index (χ0v) is 12.0. The highest BCUT2D eigenvalue weighted by Crippen LogP contribution is 2.31. The molecule has 0 bridgehead atoms. The van der Waals surface area contributed by atoms with Crippen LogP contribution in [0.5, 0.6) is 0 Å². The van der Waals surface area contributed by atoms with Crippen LogP contribution in [0.3, 0.4) is 0 Å². The fourth-order valence-corrected chi connectivity index (χ4v) is 2.58. The Hall–Kier alpha value is -1.47. The van der Waals surface area contributed by atoms with Crippen molar-refractivity contribution >= 4 is 21.6 Å². The Kier molecular flexibility index (Phi) is 3.24. The van der Waals surface area contributed by atoms with E-state index in [1.807, 2.05) is 29.8 Å². The first-order valence-corrected chi connectivity index (χ1v) is 6.91. The second-order valence-electron chi connectivity index (χ2n) is 4.62. The first kappa shape index (κ1) is 12.6. The standard InChI is InChI=1S/C12H14BrN5O/c1-7-11(4-5-19-7)18-12(15-16-17-18)8-2-3-9(13)10(14)6-8/h2-3,6-7,11H,4-5,14H2,1H3. The van der Waals surface area contributed by atoms with Gasteiger partial charge < -0.3 is 10.5 Å². The second kappa shape index (κ2) is 4.90. The Morgan fingerprint density at radius 3 is 3.00 bits per heavy atom. The summed E-state index contributed by atoms with van der Waals surface area (Å²) in [5, 5.41) is 12.0. The number of tetrazole rings is 1. The van der Waals surface area contributed by atoms with E-state index in [4.69, 9.17) is 10.5 Å². The van der Waals surface area contributed by atoms with Crippen molar-refractivity contribution in [2.24, 2.45) is 0 Å². The molecule has 1 aromatic heterocycles. The number of benzene rings is 1. The van der Waals surface area contributed by atoms with Crippen molar-refractivity contribution < 1.29 is 4.74 Å². The number of hydrogen-bond acceptors (Lipinski definition) is 5. The molecule has 0 aliphatic carbocycles. The summed E-state index contributed by atoms with van der Waals surface area (Å²) in [6.07, 6.45) is 1.04. The number of nitrogens with zero attached hydrogens (tertiary/aromatic N) is 4. The van der Waals surface area contributed by atoms with Gasteiger partial charge in [-0.1, -0.05) is 0 Å². The lowest BCUT2D eigenvalue weighted by Gasteiger charge is -2.15. The number of rotatable bonds is 2. The molecule has 7 heteroatoms. The number of anilines is 1.